The minimum atomic E-state index is -0.170. The molecule has 2 heterocycles. The van der Waals surface area contributed by atoms with Crippen molar-refractivity contribution in [2.45, 2.75) is 12.8 Å². The second-order valence-electron chi connectivity index (χ2n) is 7.73. The van der Waals surface area contributed by atoms with Crippen LogP contribution in [0.5, 0.6) is 0 Å². The molecule has 1 aliphatic heterocycles. The fourth-order valence-corrected chi connectivity index (χ4v) is 3.57. The van der Waals surface area contributed by atoms with Crippen LogP contribution in [0.3, 0.4) is 0 Å². The van der Waals surface area contributed by atoms with E-state index in [9.17, 15) is 9.59 Å². The van der Waals surface area contributed by atoms with E-state index in [1.807, 2.05) is 30.6 Å². The average Bonchev–Trinajstić information content (AvgIpc) is 3.59. The topological polar surface area (TPSA) is 88.4 Å². The molecule has 1 aromatic heterocycles. The number of carbonyl (C=O) groups excluding carboxylic acids is 2. The quantitative estimate of drug-likeness (QED) is 0.427. The van der Waals surface area contributed by atoms with E-state index in [0.717, 1.165) is 25.1 Å². The van der Waals surface area contributed by atoms with Gasteiger partial charge >= 0.3 is 0 Å². The lowest BCUT2D eigenvalue weighted by atomic mass is 10.1. The van der Waals surface area contributed by atoms with Crippen LogP contribution in [0.15, 0.2) is 77.6 Å². The van der Waals surface area contributed by atoms with Gasteiger partial charge in [-0.15, -0.1) is 0 Å². The summed E-state index contributed by atoms with van der Waals surface area (Å²) in [5.41, 5.74) is 4.41. The maximum Gasteiger partial charge on any atom is 0.251 e. The van der Waals surface area contributed by atoms with Crippen molar-refractivity contribution in [3.63, 3.8) is 0 Å². The number of carbonyl (C=O) groups is 2. The lowest BCUT2D eigenvalue weighted by molar-refractivity contribution is 0.0948. The molecule has 2 aromatic carbocycles. The smallest absolute Gasteiger partial charge is 0.251 e. The largest absolute Gasteiger partial charge is 0.355 e. The van der Waals surface area contributed by atoms with Gasteiger partial charge in [0.05, 0.1) is 17.8 Å². The molecule has 4 rings (SSSR count). The molecule has 0 atom stereocenters. The molecule has 0 spiro atoms. The summed E-state index contributed by atoms with van der Waals surface area (Å²) in [6, 6.07) is 14.3. The zero-order chi connectivity index (χ0) is 23.8. The van der Waals surface area contributed by atoms with Crippen LogP contribution in [0.4, 0.5) is 0 Å². The molecule has 0 saturated carbocycles. The first-order chi connectivity index (χ1) is 16.6. The molecule has 2 amide bonds. The Morgan fingerprint density at radius 1 is 1.06 bits per heavy atom. The molecular formula is C27H25N5O2. The van der Waals surface area contributed by atoms with Crippen molar-refractivity contribution in [1.82, 2.24) is 20.4 Å². The van der Waals surface area contributed by atoms with Crippen LogP contribution in [0.2, 0.25) is 0 Å². The van der Waals surface area contributed by atoms with Gasteiger partial charge in [-0.2, -0.15) is 5.10 Å². The van der Waals surface area contributed by atoms with Gasteiger partial charge in [-0.1, -0.05) is 24.0 Å². The molecule has 0 bridgehead atoms. The van der Waals surface area contributed by atoms with Crippen molar-refractivity contribution in [1.29, 1.82) is 0 Å². The maximum absolute atomic E-state index is 12.8. The second-order valence-corrected chi connectivity index (χ2v) is 7.73. The highest BCUT2D eigenvalue weighted by Gasteiger charge is 2.11. The van der Waals surface area contributed by atoms with E-state index in [2.05, 4.69) is 38.6 Å². The highest BCUT2D eigenvalue weighted by Crippen LogP contribution is 2.16. The van der Waals surface area contributed by atoms with Gasteiger partial charge in [-0.3, -0.25) is 14.6 Å². The third kappa shape index (κ3) is 5.67. The first-order valence-electron chi connectivity index (χ1n) is 11.1. The van der Waals surface area contributed by atoms with Crippen molar-refractivity contribution in [2.24, 2.45) is 4.99 Å². The molecule has 0 aliphatic carbocycles. The van der Waals surface area contributed by atoms with Crippen LogP contribution in [-0.4, -0.2) is 47.9 Å². The number of aliphatic imine (C=N–C) groups is 1. The lowest BCUT2D eigenvalue weighted by Gasteiger charge is -2.09. The summed E-state index contributed by atoms with van der Waals surface area (Å²) in [7, 11) is 1.59. The zero-order valence-corrected chi connectivity index (χ0v) is 18.9. The van der Waals surface area contributed by atoms with Crippen molar-refractivity contribution in [3.05, 3.63) is 94.8 Å². The van der Waals surface area contributed by atoms with Gasteiger partial charge in [-0.05, 0) is 60.9 Å². The normalized spacial score (nSPS) is 12.0. The third-order valence-corrected chi connectivity index (χ3v) is 5.35. The van der Waals surface area contributed by atoms with Gasteiger partial charge in [0.1, 0.15) is 0 Å². The van der Waals surface area contributed by atoms with Crippen LogP contribution in [0.25, 0.3) is 5.69 Å². The number of hydrogen-bond acceptors (Lipinski definition) is 4. The molecule has 1 aliphatic rings. The lowest BCUT2D eigenvalue weighted by Crippen LogP contribution is -2.24. The molecule has 2 N–H and O–H groups in total. The van der Waals surface area contributed by atoms with E-state index < -0.39 is 0 Å². The Morgan fingerprint density at radius 2 is 1.94 bits per heavy atom. The Morgan fingerprint density at radius 3 is 2.71 bits per heavy atom. The minimum Gasteiger partial charge on any atom is -0.355 e. The Balaban J connectivity index is 1.54. The van der Waals surface area contributed by atoms with E-state index in [4.69, 9.17) is 0 Å². The van der Waals surface area contributed by atoms with E-state index >= 15 is 0 Å². The molecule has 7 heteroatoms. The molecule has 7 nitrogen and oxygen atoms in total. The molecule has 0 radical (unpaired) electrons. The number of hydrogen-bond donors (Lipinski definition) is 2. The Hall–Kier alpha value is -4.44. The van der Waals surface area contributed by atoms with Gasteiger partial charge in [-0.25, -0.2) is 4.68 Å². The highest BCUT2D eigenvalue weighted by molar-refractivity contribution is 5.95. The Bertz CT molecular complexity index is 1310. The molecule has 0 saturated heterocycles. The van der Waals surface area contributed by atoms with Gasteiger partial charge in [0.25, 0.3) is 11.8 Å². The van der Waals surface area contributed by atoms with Gasteiger partial charge in [0, 0.05) is 48.9 Å². The Kier molecular flexibility index (Phi) is 7.31. The van der Waals surface area contributed by atoms with Crippen molar-refractivity contribution < 1.29 is 9.59 Å². The number of aromatic nitrogens is 2. The SMILES string of the molecule is CNC(=O)c1cccc(C#Cc2cc(C(=O)NCCCC3=CCN=C3)ccc2-n2cccn2)c1. The summed E-state index contributed by atoms with van der Waals surface area (Å²) in [6.45, 7) is 1.34. The third-order valence-electron chi connectivity index (χ3n) is 5.35. The van der Waals surface area contributed by atoms with Crippen LogP contribution < -0.4 is 10.6 Å². The summed E-state index contributed by atoms with van der Waals surface area (Å²) < 4.78 is 1.71. The van der Waals surface area contributed by atoms with Gasteiger partial charge in [0.15, 0.2) is 0 Å². The fourth-order valence-electron chi connectivity index (χ4n) is 3.57. The highest BCUT2D eigenvalue weighted by atomic mass is 16.2. The van der Waals surface area contributed by atoms with Gasteiger partial charge < -0.3 is 10.6 Å². The predicted octanol–water partition coefficient (Wildman–Crippen LogP) is 3.15. The first-order valence-corrected chi connectivity index (χ1v) is 11.1. The van der Waals surface area contributed by atoms with Crippen molar-refractivity contribution >= 4 is 18.0 Å². The summed E-state index contributed by atoms with van der Waals surface area (Å²) in [5.74, 6) is 5.95. The first kappa shape index (κ1) is 22.7. The summed E-state index contributed by atoms with van der Waals surface area (Å²) in [4.78, 5) is 28.9. The summed E-state index contributed by atoms with van der Waals surface area (Å²) in [5, 5.41) is 9.90. The van der Waals surface area contributed by atoms with Crippen molar-refractivity contribution in [3.8, 4) is 17.5 Å². The molecule has 0 unspecified atom stereocenters. The van der Waals surface area contributed by atoms with Crippen LogP contribution in [0, 0.1) is 11.8 Å². The Labute approximate surface area is 198 Å². The number of allylic oxidation sites excluding steroid dienone is 1. The van der Waals surface area contributed by atoms with E-state index in [0.29, 0.717) is 28.8 Å². The van der Waals surface area contributed by atoms with Crippen LogP contribution in [-0.2, 0) is 0 Å². The maximum atomic E-state index is 12.8. The van der Waals surface area contributed by atoms with E-state index in [1.165, 1.54) is 5.57 Å². The fraction of sp³-hybridized carbons (Fsp3) is 0.185. The molecular weight excluding hydrogens is 426 g/mol. The number of amides is 2. The monoisotopic (exact) mass is 451 g/mol. The number of benzene rings is 2. The zero-order valence-electron chi connectivity index (χ0n) is 18.9. The summed E-state index contributed by atoms with van der Waals surface area (Å²) in [6.07, 6.45) is 9.26. The molecule has 0 fully saturated rings. The van der Waals surface area contributed by atoms with Crippen LogP contribution >= 0.6 is 0 Å². The number of nitrogens with zero attached hydrogens (tertiary/aromatic N) is 3. The number of nitrogens with one attached hydrogen (secondary N) is 2. The average molecular weight is 452 g/mol. The second kappa shape index (κ2) is 10.9. The van der Waals surface area contributed by atoms with E-state index in [1.54, 1.807) is 48.3 Å². The summed E-state index contributed by atoms with van der Waals surface area (Å²) >= 11 is 0. The number of rotatable bonds is 7. The molecule has 3 aromatic rings. The van der Waals surface area contributed by atoms with Gasteiger partial charge in [0.2, 0.25) is 0 Å². The predicted molar refractivity (Wildman–Crippen MR) is 132 cm³/mol. The molecule has 34 heavy (non-hydrogen) atoms. The van der Waals surface area contributed by atoms with E-state index in [-0.39, 0.29) is 11.8 Å². The molecule has 170 valence electrons. The minimum absolute atomic E-state index is 0.147. The standard InChI is InChI=1S/C27H25N5O2/c1-28-26(33)23-7-2-5-20(17-23)8-9-22-18-24(10-11-25(22)32-16-4-14-31-32)27(34)30-13-3-6-21-12-15-29-19-21/h2,4-5,7,10-12,14,16-19H,3,6,13,15H2,1H3,(H,28,33)(H,30,34). The van der Waals surface area contributed by atoms with Crippen molar-refractivity contribution in [2.75, 3.05) is 20.1 Å². The van der Waals surface area contributed by atoms with Crippen LogP contribution in [0.1, 0.15) is 44.7 Å².